The Morgan fingerprint density at radius 3 is 2.10 bits per heavy atom. The number of aryl methyl sites for hydroxylation is 1. The molecular formula is C16H15BrN2O2. The van der Waals surface area contributed by atoms with Crippen molar-refractivity contribution in [2.75, 3.05) is 10.6 Å². The second-order valence-electron chi connectivity index (χ2n) is 4.68. The third-order valence-corrected chi connectivity index (χ3v) is 3.83. The van der Waals surface area contributed by atoms with Crippen LogP contribution in [0, 0.1) is 6.92 Å². The lowest BCUT2D eigenvalue weighted by atomic mass is 10.1. The van der Waals surface area contributed by atoms with Crippen molar-refractivity contribution in [3.8, 4) is 0 Å². The maximum absolute atomic E-state index is 11.9. The van der Waals surface area contributed by atoms with Gasteiger partial charge in [0.15, 0.2) is 5.78 Å². The molecule has 0 saturated heterocycles. The van der Waals surface area contributed by atoms with Gasteiger partial charge in [0.25, 0.3) is 0 Å². The number of urea groups is 1. The van der Waals surface area contributed by atoms with E-state index in [0.717, 1.165) is 10.0 Å². The van der Waals surface area contributed by atoms with Gasteiger partial charge in [0.05, 0.1) is 0 Å². The summed E-state index contributed by atoms with van der Waals surface area (Å²) in [6.45, 7) is 3.48. The first kappa shape index (κ1) is 15.3. The normalized spacial score (nSPS) is 10.0. The molecule has 0 bridgehead atoms. The van der Waals surface area contributed by atoms with Crippen LogP contribution in [0.4, 0.5) is 16.2 Å². The van der Waals surface area contributed by atoms with Crippen molar-refractivity contribution in [3.63, 3.8) is 0 Å². The maximum Gasteiger partial charge on any atom is 0.323 e. The molecule has 0 saturated carbocycles. The molecule has 0 fully saturated rings. The Balaban J connectivity index is 2.01. The van der Waals surface area contributed by atoms with Crippen molar-refractivity contribution in [2.24, 2.45) is 0 Å². The highest BCUT2D eigenvalue weighted by Crippen LogP contribution is 2.20. The lowest BCUT2D eigenvalue weighted by molar-refractivity contribution is 0.101. The van der Waals surface area contributed by atoms with Gasteiger partial charge in [-0.05, 0) is 55.8 Å². The van der Waals surface area contributed by atoms with Crippen molar-refractivity contribution in [1.82, 2.24) is 0 Å². The number of carbonyl (C=O) groups is 2. The molecule has 0 aliphatic heterocycles. The summed E-state index contributed by atoms with van der Waals surface area (Å²) in [5.74, 6) is -0.00416. The molecule has 0 aromatic heterocycles. The molecule has 2 amide bonds. The summed E-state index contributed by atoms with van der Waals surface area (Å²) >= 11 is 3.42. The molecule has 0 radical (unpaired) electrons. The van der Waals surface area contributed by atoms with E-state index in [9.17, 15) is 9.59 Å². The zero-order chi connectivity index (χ0) is 15.4. The number of hydrogen-bond donors (Lipinski definition) is 2. The van der Waals surface area contributed by atoms with E-state index in [1.807, 2.05) is 25.1 Å². The Kier molecular flexibility index (Phi) is 4.75. The molecule has 0 spiro atoms. The van der Waals surface area contributed by atoms with E-state index in [1.54, 1.807) is 24.3 Å². The first-order valence-corrected chi connectivity index (χ1v) is 7.20. The summed E-state index contributed by atoms with van der Waals surface area (Å²) in [6, 6.07) is 12.0. The van der Waals surface area contributed by atoms with Crippen molar-refractivity contribution in [1.29, 1.82) is 0 Å². The van der Waals surface area contributed by atoms with Crippen LogP contribution in [0.5, 0.6) is 0 Å². The van der Waals surface area contributed by atoms with Crippen LogP contribution in [0.3, 0.4) is 0 Å². The number of hydrogen-bond acceptors (Lipinski definition) is 2. The number of nitrogens with one attached hydrogen (secondary N) is 2. The number of benzene rings is 2. The molecular weight excluding hydrogens is 332 g/mol. The molecule has 0 aliphatic rings. The van der Waals surface area contributed by atoms with Crippen molar-refractivity contribution in [3.05, 3.63) is 58.1 Å². The minimum atomic E-state index is -0.332. The molecule has 0 atom stereocenters. The topological polar surface area (TPSA) is 58.2 Å². The SMILES string of the molecule is CC(=O)c1ccc(NC(=O)Nc2ccc(C)c(Br)c2)cc1. The van der Waals surface area contributed by atoms with Gasteiger partial charge in [-0.25, -0.2) is 4.79 Å². The maximum atomic E-state index is 11.9. The average molecular weight is 347 g/mol. The van der Waals surface area contributed by atoms with Crippen LogP contribution in [0.1, 0.15) is 22.8 Å². The molecule has 2 aromatic rings. The Hall–Kier alpha value is -2.14. The number of carbonyl (C=O) groups excluding carboxylic acids is 2. The van der Waals surface area contributed by atoms with Crippen LogP contribution >= 0.6 is 15.9 Å². The Morgan fingerprint density at radius 1 is 0.952 bits per heavy atom. The third-order valence-electron chi connectivity index (χ3n) is 2.98. The highest BCUT2D eigenvalue weighted by atomic mass is 79.9. The van der Waals surface area contributed by atoms with Gasteiger partial charge in [-0.2, -0.15) is 0 Å². The van der Waals surface area contributed by atoms with Gasteiger partial charge in [-0.1, -0.05) is 22.0 Å². The van der Waals surface area contributed by atoms with Gasteiger partial charge in [0.1, 0.15) is 0 Å². The van der Waals surface area contributed by atoms with E-state index in [4.69, 9.17) is 0 Å². The fourth-order valence-corrected chi connectivity index (χ4v) is 2.13. The fourth-order valence-electron chi connectivity index (χ4n) is 1.75. The Labute approximate surface area is 131 Å². The predicted molar refractivity (Wildman–Crippen MR) is 88.0 cm³/mol. The van der Waals surface area contributed by atoms with Crippen LogP contribution in [-0.4, -0.2) is 11.8 Å². The summed E-state index contributed by atoms with van der Waals surface area (Å²) in [6.07, 6.45) is 0. The quantitative estimate of drug-likeness (QED) is 0.797. The molecule has 0 heterocycles. The van der Waals surface area contributed by atoms with E-state index in [2.05, 4.69) is 26.6 Å². The number of amides is 2. The first-order chi connectivity index (χ1) is 9.95. The van der Waals surface area contributed by atoms with E-state index in [-0.39, 0.29) is 11.8 Å². The summed E-state index contributed by atoms with van der Waals surface area (Å²) < 4.78 is 0.936. The summed E-state index contributed by atoms with van der Waals surface area (Å²) in [5.41, 5.74) is 3.04. The fraction of sp³-hybridized carbons (Fsp3) is 0.125. The average Bonchev–Trinajstić information content (AvgIpc) is 2.43. The number of halogens is 1. The lowest BCUT2D eigenvalue weighted by Gasteiger charge is -2.09. The Morgan fingerprint density at radius 2 is 1.52 bits per heavy atom. The van der Waals surface area contributed by atoms with Gasteiger partial charge in [0, 0.05) is 21.4 Å². The highest BCUT2D eigenvalue weighted by molar-refractivity contribution is 9.10. The predicted octanol–water partition coefficient (Wildman–Crippen LogP) is 4.60. The summed E-state index contributed by atoms with van der Waals surface area (Å²) in [4.78, 5) is 23.1. The van der Waals surface area contributed by atoms with Crippen molar-refractivity contribution in [2.45, 2.75) is 13.8 Å². The molecule has 0 unspecified atom stereocenters. The van der Waals surface area contributed by atoms with E-state index in [0.29, 0.717) is 16.9 Å². The van der Waals surface area contributed by atoms with Gasteiger partial charge < -0.3 is 10.6 Å². The van der Waals surface area contributed by atoms with E-state index in [1.165, 1.54) is 6.92 Å². The minimum Gasteiger partial charge on any atom is -0.308 e. The third kappa shape index (κ3) is 4.16. The van der Waals surface area contributed by atoms with Crippen LogP contribution in [0.25, 0.3) is 0 Å². The highest BCUT2D eigenvalue weighted by Gasteiger charge is 2.05. The van der Waals surface area contributed by atoms with Crippen molar-refractivity contribution < 1.29 is 9.59 Å². The Bertz CT molecular complexity index is 681. The van der Waals surface area contributed by atoms with Crippen molar-refractivity contribution >= 4 is 39.1 Å². The summed E-state index contributed by atoms with van der Waals surface area (Å²) in [7, 11) is 0. The minimum absolute atomic E-state index is 0.00416. The molecule has 5 heteroatoms. The van der Waals surface area contributed by atoms with Crippen LogP contribution < -0.4 is 10.6 Å². The largest absolute Gasteiger partial charge is 0.323 e. The second kappa shape index (κ2) is 6.54. The molecule has 2 N–H and O–H groups in total. The summed E-state index contributed by atoms with van der Waals surface area (Å²) in [5, 5.41) is 5.46. The smallest absolute Gasteiger partial charge is 0.308 e. The molecule has 4 nitrogen and oxygen atoms in total. The second-order valence-corrected chi connectivity index (χ2v) is 5.53. The lowest BCUT2D eigenvalue weighted by Crippen LogP contribution is -2.19. The molecule has 2 rings (SSSR count). The monoisotopic (exact) mass is 346 g/mol. The standard InChI is InChI=1S/C16H15BrN2O2/c1-10-3-6-14(9-15(10)17)19-16(21)18-13-7-4-12(5-8-13)11(2)20/h3-9H,1-2H3,(H2,18,19,21). The zero-order valence-corrected chi connectivity index (χ0v) is 13.3. The van der Waals surface area contributed by atoms with Gasteiger partial charge >= 0.3 is 6.03 Å². The molecule has 21 heavy (non-hydrogen) atoms. The number of rotatable bonds is 3. The molecule has 2 aromatic carbocycles. The number of anilines is 2. The number of ketones is 1. The first-order valence-electron chi connectivity index (χ1n) is 6.41. The van der Waals surface area contributed by atoms with Gasteiger partial charge in [-0.15, -0.1) is 0 Å². The van der Waals surface area contributed by atoms with Gasteiger partial charge in [-0.3, -0.25) is 4.79 Å². The van der Waals surface area contributed by atoms with Crippen LogP contribution in [0.2, 0.25) is 0 Å². The zero-order valence-electron chi connectivity index (χ0n) is 11.7. The molecule has 0 aliphatic carbocycles. The number of Topliss-reactive ketones (excluding diaryl/α,β-unsaturated/α-hetero) is 1. The van der Waals surface area contributed by atoms with E-state index >= 15 is 0 Å². The molecule has 108 valence electrons. The van der Waals surface area contributed by atoms with Crippen LogP contribution in [-0.2, 0) is 0 Å². The van der Waals surface area contributed by atoms with E-state index < -0.39 is 0 Å². The van der Waals surface area contributed by atoms with Gasteiger partial charge in [0.2, 0.25) is 0 Å². The van der Waals surface area contributed by atoms with Crippen LogP contribution in [0.15, 0.2) is 46.9 Å².